The van der Waals surface area contributed by atoms with Crippen molar-refractivity contribution in [2.45, 2.75) is 50.9 Å². The lowest BCUT2D eigenvalue weighted by Gasteiger charge is -2.25. The fraction of sp³-hybridized carbons (Fsp3) is 0.458. The van der Waals surface area contributed by atoms with Gasteiger partial charge in [0, 0.05) is 29.8 Å². The molecule has 1 fully saturated rings. The second-order valence-electron chi connectivity index (χ2n) is 8.79. The standard InChI is InChI=1S/C24H29FN4O4/c1-5-15(11-14-9-10-26-21(14)30)27-23(32)19(13-24(2,3)25)29-22(31)18-12-16-17(28-18)7-6-8-20(16)33-4/h1,6-8,12,14-15,19,28H,9-11,13H2,2-4H3,(H,26,30)(H,27,32)(H,29,31). The van der Waals surface area contributed by atoms with Gasteiger partial charge >= 0.3 is 0 Å². The number of methoxy groups -OCH3 is 1. The molecule has 1 aromatic carbocycles. The van der Waals surface area contributed by atoms with Crippen LogP contribution in [0.15, 0.2) is 24.3 Å². The summed E-state index contributed by atoms with van der Waals surface area (Å²) in [4.78, 5) is 40.7. The van der Waals surface area contributed by atoms with Gasteiger partial charge in [-0.25, -0.2) is 4.39 Å². The zero-order valence-corrected chi connectivity index (χ0v) is 19.0. The highest BCUT2D eigenvalue weighted by atomic mass is 19.1. The Labute approximate surface area is 192 Å². The summed E-state index contributed by atoms with van der Waals surface area (Å²) in [6.07, 6.45) is 6.21. The summed E-state index contributed by atoms with van der Waals surface area (Å²) in [7, 11) is 1.53. The van der Waals surface area contributed by atoms with Crippen LogP contribution in [-0.2, 0) is 9.59 Å². The van der Waals surface area contributed by atoms with Crippen LogP contribution < -0.4 is 20.7 Å². The van der Waals surface area contributed by atoms with Crippen LogP contribution in [0.2, 0.25) is 0 Å². The second-order valence-corrected chi connectivity index (χ2v) is 8.79. The van der Waals surface area contributed by atoms with Gasteiger partial charge in [0.15, 0.2) is 0 Å². The number of halogens is 1. The van der Waals surface area contributed by atoms with Crippen molar-refractivity contribution < 1.29 is 23.5 Å². The Hall–Kier alpha value is -3.54. The van der Waals surface area contributed by atoms with Crippen molar-refractivity contribution in [1.82, 2.24) is 20.9 Å². The molecule has 8 nitrogen and oxygen atoms in total. The summed E-state index contributed by atoms with van der Waals surface area (Å²) in [6.45, 7) is 3.22. The maximum atomic E-state index is 14.5. The number of ether oxygens (including phenoxy) is 1. The lowest BCUT2D eigenvalue weighted by atomic mass is 9.97. The van der Waals surface area contributed by atoms with Crippen molar-refractivity contribution in [1.29, 1.82) is 0 Å². The molecule has 0 saturated carbocycles. The third-order valence-corrected chi connectivity index (χ3v) is 5.60. The Balaban J connectivity index is 1.74. The van der Waals surface area contributed by atoms with Crippen LogP contribution in [-0.4, -0.2) is 54.1 Å². The zero-order valence-electron chi connectivity index (χ0n) is 19.0. The summed E-state index contributed by atoms with van der Waals surface area (Å²) in [5.74, 6) is 1.50. The number of alkyl halides is 1. The van der Waals surface area contributed by atoms with Crippen LogP contribution in [0.5, 0.6) is 5.75 Å². The van der Waals surface area contributed by atoms with Crippen LogP contribution in [0.1, 0.15) is 43.6 Å². The van der Waals surface area contributed by atoms with E-state index in [1.165, 1.54) is 21.0 Å². The fourth-order valence-corrected chi connectivity index (χ4v) is 3.95. The highest BCUT2D eigenvalue weighted by molar-refractivity contribution is 6.01. The van der Waals surface area contributed by atoms with Crippen molar-refractivity contribution in [3.63, 3.8) is 0 Å². The molecule has 1 aliphatic heterocycles. The predicted molar refractivity (Wildman–Crippen MR) is 122 cm³/mol. The number of benzene rings is 1. The summed E-state index contributed by atoms with van der Waals surface area (Å²) in [5, 5.41) is 8.72. The average Bonchev–Trinajstić information content (AvgIpc) is 3.37. The van der Waals surface area contributed by atoms with Crippen LogP contribution in [0, 0.1) is 18.3 Å². The Bertz CT molecular complexity index is 1080. The van der Waals surface area contributed by atoms with Gasteiger partial charge in [-0.3, -0.25) is 14.4 Å². The number of aromatic amines is 1. The molecule has 1 aliphatic rings. The largest absolute Gasteiger partial charge is 0.496 e. The van der Waals surface area contributed by atoms with E-state index in [0.29, 0.717) is 29.6 Å². The Morgan fingerprint density at radius 3 is 2.73 bits per heavy atom. The smallest absolute Gasteiger partial charge is 0.268 e. The summed E-state index contributed by atoms with van der Waals surface area (Å²) in [6, 6.07) is 5.07. The molecule has 3 unspecified atom stereocenters. The van der Waals surface area contributed by atoms with E-state index in [4.69, 9.17) is 11.2 Å². The van der Waals surface area contributed by atoms with Crippen molar-refractivity contribution in [3.05, 3.63) is 30.0 Å². The lowest BCUT2D eigenvalue weighted by Crippen LogP contribution is -2.51. The number of terminal acetylenes is 1. The molecule has 4 N–H and O–H groups in total. The molecule has 1 saturated heterocycles. The Morgan fingerprint density at radius 1 is 1.36 bits per heavy atom. The van der Waals surface area contributed by atoms with Crippen LogP contribution in [0.4, 0.5) is 4.39 Å². The number of amides is 3. The molecule has 1 aromatic heterocycles. The maximum absolute atomic E-state index is 14.5. The highest BCUT2D eigenvalue weighted by Crippen LogP contribution is 2.26. The number of hydrogen-bond donors (Lipinski definition) is 4. The molecule has 33 heavy (non-hydrogen) atoms. The molecule has 2 aromatic rings. The molecule has 176 valence electrons. The molecule has 3 amide bonds. The van der Waals surface area contributed by atoms with E-state index in [0.717, 1.165) is 0 Å². The molecule has 3 atom stereocenters. The maximum Gasteiger partial charge on any atom is 0.268 e. The second kappa shape index (κ2) is 9.94. The van der Waals surface area contributed by atoms with E-state index in [2.05, 4.69) is 26.9 Å². The van der Waals surface area contributed by atoms with Gasteiger partial charge in [0.25, 0.3) is 5.91 Å². The molecule has 3 rings (SSSR count). The van der Waals surface area contributed by atoms with Crippen LogP contribution in [0.25, 0.3) is 10.9 Å². The minimum Gasteiger partial charge on any atom is -0.496 e. The summed E-state index contributed by atoms with van der Waals surface area (Å²) < 4.78 is 19.8. The molecular formula is C24H29FN4O4. The normalized spacial score (nSPS) is 17.7. The number of nitrogens with one attached hydrogen (secondary N) is 4. The summed E-state index contributed by atoms with van der Waals surface area (Å²) >= 11 is 0. The van der Waals surface area contributed by atoms with Crippen molar-refractivity contribution in [2.75, 3.05) is 13.7 Å². The number of aromatic nitrogens is 1. The van der Waals surface area contributed by atoms with E-state index < -0.39 is 29.6 Å². The van der Waals surface area contributed by atoms with Gasteiger partial charge < -0.3 is 25.7 Å². The van der Waals surface area contributed by atoms with Crippen molar-refractivity contribution in [3.8, 4) is 18.1 Å². The van der Waals surface area contributed by atoms with Crippen LogP contribution >= 0.6 is 0 Å². The van der Waals surface area contributed by atoms with E-state index >= 15 is 0 Å². The Kier molecular flexibility index (Phi) is 7.26. The SMILES string of the molecule is C#CC(CC1CCNC1=O)NC(=O)C(CC(C)(C)F)NC(=O)c1cc2c(OC)cccc2[nH]1. The molecular weight excluding hydrogens is 427 g/mol. The van der Waals surface area contributed by atoms with Crippen molar-refractivity contribution in [2.24, 2.45) is 5.92 Å². The topological polar surface area (TPSA) is 112 Å². The predicted octanol–water partition coefficient (Wildman–Crippen LogP) is 2.06. The number of rotatable bonds is 9. The van der Waals surface area contributed by atoms with Gasteiger partial charge in [-0.2, -0.15) is 0 Å². The molecule has 0 radical (unpaired) electrons. The van der Waals surface area contributed by atoms with E-state index in [1.54, 1.807) is 24.3 Å². The van der Waals surface area contributed by atoms with E-state index in [9.17, 15) is 18.8 Å². The first-order chi connectivity index (χ1) is 15.6. The Morgan fingerprint density at radius 2 is 2.12 bits per heavy atom. The van der Waals surface area contributed by atoms with E-state index in [1.807, 2.05) is 0 Å². The molecule has 9 heteroatoms. The van der Waals surface area contributed by atoms with Gasteiger partial charge in [0.05, 0.1) is 13.2 Å². The minimum atomic E-state index is -1.73. The average molecular weight is 457 g/mol. The number of hydrogen-bond acceptors (Lipinski definition) is 4. The van der Waals surface area contributed by atoms with Crippen molar-refractivity contribution >= 4 is 28.6 Å². The van der Waals surface area contributed by atoms with Gasteiger partial charge in [-0.1, -0.05) is 12.0 Å². The first kappa shape index (κ1) is 24.1. The number of carbonyl (C=O) groups excluding carboxylic acids is 3. The lowest BCUT2D eigenvalue weighted by molar-refractivity contribution is -0.125. The number of carbonyl (C=O) groups is 3. The molecule has 0 aliphatic carbocycles. The monoisotopic (exact) mass is 456 g/mol. The molecule has 2 heterocycles. The van der Waals surface area contributed by atoms with Gasteiger partial charge in [-0.05, 0) is 44.9 Å². The fourth-order valence-electron chi connectivity index (χ4n) is 3.95. The first-order valence-corrected chi connectivity index (χ1v) is 10.8. The van der Waals surface area contributed by atoms with Gasteiger partial charge in [0.1, 0.15) is 23.2 Å². The third-order valence-electron chi connectivity index (χ3n) is 5.60. The molecule has 0 spiro atoms. The number of H-pyrrole nitrogens is 1. The highest BCUT2D eigenvalue weighted by Gasteiger charge is 2.32. The number of fused-ring (bicyclic) bond motifs is 1. The van der Waals surface area contributed by atoms with Gasteiger partial charge in [0.2, 0.25) is 11.8 Å². The van der Waals surface area contributed by atoms with Gasteiger partial charge in [-0.15, -0.1) is 6.42 Å². The molecule has 0 bridgehead atoms. The van der Waals surface area contributed by atoms with Crippen LogP contribution in [0.3, 0.4) is 0 Å². The first-order valence-electron chi connectivity index (χ1n) is 10.8. The van der Waals surface area contributed by atoms with E-state index in [-0.39, 0.29) is 30.4 Å². The quantitative estimate of drug-likeness (QED) is 0.433. The third kappa shape index (κ3) is 6.04. The summed E-state index contributed by atoms with van der Waals surface area (Å²) in [5.41, 5.74) is -0.829. The minimum absolute atomic E-state index is 0.103. The zero-order chi connectivity index (χ0) is 24.2.